The van der Waals surface area contributed by atoms with Crippen LogP contribution in [-0.4, -0.2) is 25.0 Å². The molecule has 5 nitrogen and oxygen atoms in total. The van der Waals surface area contributed by atoms with Crippen LogP contribution in [0, 0.1) is 0 Å². The Morgan fingerprint density at radius 2 is 1.89 bits per heavy atom. The molecule has 0 bridgehead atoms. The number of hydrogen-bond acceptors (Lipinski definition) is 3. The second-order valence-corrected chi connectivity index (χ2v) is 7.36. The number of sulfonamides is 1. The van der Waals surface area contributed by atoms with Gasteiger partial charge in [-0.25, -0.2) is 13.1 Å². The van der Waals surface area contributed by atoms with Gasteiger partial charge in [-0.2, -0.15) is 0 Å². The Hall–Kier alpha value is -0.920. The summed E-state index contributed by atoms with van der Waals surface area (Å²) in [5.41, 5.74) is -0.822. The van der Waals surface area contributed by atoms with Crippen molar-refractivity contribution in [3.8, 4) is 0 Å². The van der Waals surface area contributed by atoms with Crippen LogP contribution in [0.25, 0.3) is 0 Å². The first-order valence-corrected chi connectivity index (χ1v) is 8.12. The van der Waals surface area contributed by atoms with Gasteiger partial charge in [-0.15, -0.1) is 0 Å². The zero-order valence-electron chi connectivity index (χ0n) is 10.1. The summed E-state index contributed by atoms with van der Waals surface area (Å²) in [6.07, 6.45) is 1.79. The second kappa shape index (κ2) is 5.22. The van der Waals surface area contributed by atoms with Gasteiger partial charge >= 0.3 is 5.97 Å². The first-order valence-electron chi connectivity index (χ1n) is 5.84. The molecule has 2 rings (SSSR count). The van der Waals surface area contributed by atoms with Crippen molar-refractivity contribution in [3.63, 3.8) is 0 Å². The van der Waals surface area contributed by atoms with Gasteiger partial charge in [-0.3, -0.25) is 4.79 Å². The van der Waals surface area contributed by atoms with E-state index in [1.165, 1.54) is 12.1 Å². The van der Waals surface area contributed by atoms with Gasteiger partial charge in [0.05, 0.1) is 11.3 Å². The average Bonchev–Trinajstić information content (AvgIpc) is 2.25. The molecule has 2 N–H and O–H groups in total. The molecule has 0 atom stereocenters. The maximum atomic E-state index is 12.2. The molecule has 104 valence electrons. The van der Waals surface area contributed by atoms with E-state index in [1.807, 2.05) is 0 Å². The number of hydrogen-bond donors (Lipinski definition) is 2. The third-order valence-corrected chi connectivity index (χ3v) is 5.40. The van der Waals surface area contributed by atoms with Crippen LogP contribution in [0.5, 0.6) is 0 Å². The molecule has 0 heterocycles. The highest BCUT2D eigenvalue weighted by Crippen LogP contribution is 2.36. The quantitative estimate of drug-likeness (QED) is 0.854. The molecule has 0 amide bonds. The van der Waals surface area contributed by atoms with Crippen molar-refractivity contribution in [2.24, 2.45) is 0 Å². The lowest BCUT2D eigenvalue weighted by Crippen LogP contribution is -2.54. The first kappa shape index (κ1) is 14.5. The van der Waals surface area contributed by atoms with E-state index in [0.717, 1.165) is 10.9 Å². The summed E-state index contributed by atoms with van der Waals surface area (Å²) in [6.45, 7) is 0. The third kappa shape index (κ3) is 3.34. The van der Waals surface area contributed by atoms with Crippen molar-refractivity contribution in [3.05, 3.63) is 28.7 Å². The van der Waals surface area contributed by atoms with Crippen LogP contribution in [0.2, 0.25) is 0 Å². The largest absolute Gasteiger partial charge is 0.481 e. The maximum Gasteiger partial charge on any atom is 0.305 e. The van der Waals surface area contributed by atoms with E-state index in [4.69, 9.17) is 5.11 Å². The molecule has 1 aliphatic rings. The number of benzene rings is 1. The normalized spacial score (nSPS) is 17.7. The van der Waals surface area contributed by atoms with E-state index in [0.29, 0.717) is 12.8 Å². The molecule has 0 unspecified atom stereocenters. The van der Waals surface area contributed by atoms with Crippen molar-refractivity contribution in [2.75, 3.05) is 0 Å². The zero-order chi connectivity index (χ0) is 14.1. The fourth-order valence-corrected chi connectivity index (χ4v) is 3.89. The Morgan fingerprint density at radius 1 is 1.32 bits per heavy atom. The predicted octanol–water partition coefficient (Wildman–Crippen LogP) is 2.12. The minimum Gasteiger partial charge on any atom is -0.481 e. The van der Waals surface area contributed by atoms with Crippen molar-refractivity contribution in [1.29, 1.82) is 0 Å². The van der Waals surface area contributed by atoms with Crippen molar-refractivity contribution >= 4 is 31.9 Å². The fourth-order valence-electron chi connectivity index (χ4n) is 2.17. The summed E-state index contributed by atoms with van der Waals surface area (Å²) in [7, 11) is -3.68. The SMILES string of the molecule is O=C(O)CC1(NS(=O)(=O)c2ccc(Br)cc2)CCC1. The molecular weight excluding hydrogens is 334 g/mol. The Kier molecular flexibility index (Phi) is 3.98. The molecule has 0 spiro atoms. The number of carbonyl (C=O) groups is 1. The first-order chi connectivity index (χ1) is 8.83. The van der Waals surface area contributed by atoms with E-state index in [2.05, 4.69) is 20.7 Å². The summed E-state index contributed by atoms with van der Waals surface area (Å²) in [4.78, 5) is 11.0. The molecule has 1 saturated carbocycles. The van der Waals surface area contributed by atoms with E-state index >= 15 is 0 Å². The molecule has 0 aromatic heterocycles. The molecule has 7 heteroatoms. The van der Waals surface area contributed by atoms with Gasteiger partial charge in [0.1, 0.15) is 0 Å². The highest BCUT2D eigenvalue weighted by atomic mass is 79.9. The van der Waals surface area contributed by atoms with Crippen molar-refractivity contribution in [1.82, 2.24) is 4.72 Å². The minimum atomic E-state index is -3.68. The smallest absolute Gasteiger partial charge is 0.305 e. The van der Waals surface area contributed by atoms with Crippen LogP contribution in [-0.2, 0) is 14.8 Å². The lowest BCUT2D eigenvalue weighted by Gasteiger charge is -2.40. The van der Waals surface area contributed by atoms with Crippen LogP contribution in [0.15, 0.2) is 33.6 Å². The molecule has 19 heavy (non-hydrogen) atoms. The molecule has 0 saturated heterocycles. The molecule has 0 aliphatic heterocycles. The van der Waals surface area contributed by atoms with Crippen LogP contribution < -0.4 is 4.72 Å². The molecule has 0 radical (unpaired) electrons. The Bertz CT molecular complexity index is 578. The maximum absolute atomic E-state index is 12.2. The standard InChI is InChI=1S/C12H14BrNO4S/c13-9-2-4-10(5-3-9)19(17,18)14-12(6-1-7-12)8-11(15)16/h2-5,14H,1,6-8H2,(H,15,16). The molecule has 1 aliphatic carbocycles. The van der Waals surface area contributed by atoms with Crippen LogP contribution in [0.3, 0.4) is 0 Å². The lowest BCUT2D eigenvalue weighted by atomic mass is 9.75. The van der Waals surface area contributed by atoms with Gasteiger partial charge in [0.2, 0.25) is 10.0 Å². The van der Waals surface area contributed by atoms with E-state index < -0.39 is 21.5 Å². The van der Waals surface area contributed by atoms with Crippen molar-refractivity contribution in [2.45, 2.75) is 36.1 Å². The van der Waals surface area contributed by atoms with E-state index in [-0.39, 0.29) is 11.3 Å². The van der Waals surface area contributed by atoms with Crippen LogP contribution >= 0.6 is 15.9 Å². The Balaban J connectivity index is 2.21. The monoisotopic (exact) mass is 347 g/mol. The fraction of sp³-hybridized carbons (Fsp3) is 0.417. The second-order valence-electron chi connectivity index (χ2n) is 4.76. The highest BCUT2D eigenvalue weighted by molar-refractivity contribution is 9.10. The highest BCUT2D eigenvalue weighted by Gasteiger charge is 2.42. The summed E-state index contributed by atoms with van der Waals surface area (Å²) < 4.78 is 27.8. The lowest BCUT2D eigenvalue weighted by molar-refractivity contribution is -0.139. The van der Waals surface area contributed by atoms with Crippen molar-refractivity contribution < 1.29 is 18.3 Å². The van der Waals surface area contributed by atoms with Gasteiger partial charge in [-0.05, 0) is 43.5 Å². The summed E-state index contributed by atoms with van der Waals surface area (Å²) in [5, 5.41) is 8.88. The number of carboxylic acids is 1. The molecular formula is C12H14BrNO4S. The van der Waals surface area contributed by atoms with E-state index in [1.54, 1.807) is 12.1 Å². The number of rotatable bonds is 5. The number of carboxylic acid groups (broad SMARTS) is 1. The molecule has 1 aromatic carbocycles. The predicted molar refractivity (Wildman–Crippen MR) is 73.3 cm³/mol. The summed E-state index contributed by atoms with van der Waals surface area (Å²) in [6, 6.07) is 6.25. The van der Waals surface area contributed by atoms with E-state index in [9.17, 15) is 13.2 Å². The third-order valence-electron chi connectivity index (χ3n) is 3.28. The van der Waals surface area contributed by atoms with Crippen LogP contribution in [0.4, 0.5) is 0 Å². The topological polar surface area (TPSA) is 83.5 Å². The minimum absolute atomic E-state index is 0.146. The number of aliphatic carboxylic acids is 1. The number of nitrogens with one attached hydrogen (secondary N) is 1. The zero-order valence-corrected chi connectivity index (χ0v) is 12.5. The van der Waals surface area contributed by atoms with Gasteiger partial charge in [0, 0.05) is 10.0 Å². The Morgan fingerprint density at radius 3 is 2.32 bits per heavy atom. The Labute approximate surface area is 120 Å². The van der Waals surface area contributed by atoms with Gasteiger partial charge in [-0.1, -0.05) is 15.9 Å². The average molecular weight is 348 g/mol. The number of halogens is 1. The molecule has 1 aromatic rings. The van der Waals surface area contributed by atoms with Gasteiger partial charge < -0.3 is 5.11 Å². The molecule has 1 fully saturated rings. The van der Waals surface area contributed by atoms with Crippen LogP contribution in [0.1, 0.15) is 25.7 Å². The van der Waals surface area contributed by atoms with Gasteiger partial charge in [0.15, 0.2) is 0 Å². The summed E-state index contributed by atoms with van der Waals surface area (Å²) in [5.74, 6) is -0.988. The van der Waals surface area contributed by atoms with Gasteiger partial charge in [0.25, 0.3) is 0 Å². The summed E-state index contributed by atoms with van der Waals surface area (Å²) >= 11 is 3.24.